The van der Waals surface area contributed by atoms with Gasteiger partial charge in [-0.05, 0) is 65.2 Å². The number of aromatic amines is 2. The van der Waals surface area contributed by atoms with Crippen molar-refractivity contribution in [2.75, 3.05) is 26.2 Å². The van der Waals surface area contributed by atoms with Gasteiger partial charge in [0.15, 0.2) is 5.16 Å². The largest absolute Gasteiger partial charge is 0.337 e. The summed E-state index contributed by atoms with van der Waals surface area (Å²) in [5.74, 6) is -0.285. The van der Waals surface area contributed by atoms with Gasteiger partial charge in [-0.1, -0.05) is 92.7 Å². The van der Waals surface area contributed by atoms with Crippen LogP contribution in [0.1, 0.15) is 54.6 Å². The molecule has 1 atom stereocenters. The molecule has 0 saturated heterocycles. The first-order chi connectivity index (χ1) is 23.2. The van der Waals surface area contributed by atoms with Crippen molar-refractivity contribution >= 4 is 41.7 Å². The van der Waals surface area contributed by atoms with E-state index in [2.05, 4.69) is 46.1 Å². The van der Waals surface area contributed by atoms with Gasteiger partial charge in [0, 0.05) is 48.1 Å². The Kier molecular flexibility index (Phi) is 14.0. The van der Waals surface area contributed by atoms with Crippen LogP contribution in [0.2, 0.25) is 5.02 Å². The molecule has 258 valence electrons. The molecule has 2 aromatic heterocycles. The number of nitrogens with one attached hydrogen (secondary N) is 2. The summed E-state index contributed by atoms with van der Waals surface area (Å²) in [6.45, 7) is 9.57. The molecular formula is C37H41Cl2FN6O2S. The van der Waals surface area contributed by atoms with Gasteiger partial charge in [0.1, 0.15) is 5.82 Å². The summed E-state index contributed by atoms with van der Waals surface area (Å²) in [5.41, 5.74) is 5.42. The number of carbonyl (C=O) groups is 1. The molecule has 1 unspecified atom stereocenters. The highest BCUT2D eigenvalue weighted by Gasteiger charge is 2.25. The molecule has 2 heterocycles. The number of H-pyrrole nitrogens is 2. The van der Waals surface area contributed by atoms with Crippen molar-refractivity contribution in [1.82, 2.24) is 30.0 Å². The highest BCUT2D eigenvalue weighted by molar-refractivity contribution is 7.98. The molecule has 0 saturated carbocycles. The van der Waals surface area contributed by atoms with Gasteiger partial charge in [-0.15, -0.1) is 12.4 Å². The molecule has 5 aromatic rings. The topological polar surface area (TPSA) is 98.0 Å². The van der Waals surface area contributed by atoms with Crippen LogP contribution in [0.3, 0.4) is 0 Å². The molecule has 8 nitrogen and oxygen atoms in total. The Morgan fingerprint density at radius 3 is 2.18 bits per heavy atom. The summed E-state index contributed by atoms with van der Waals surface area (Å²) in [6.07, 6.45) is 3.39. The van der Waals surface area contributed by atoms with Crippen LogP contribution in [0.25, 0.3) is 11.1 Å². The molecule has 0 fully saturated rings. The van der Waals surface area contributed by atoms with Crippen LogP contribution in [0.5, 0.6) is 0 Å². The maximum atomic E-state index is 14.2. The van der Waals surface area contributed by atoms with E-state index in [0.717, 1.165) is 47.5 Å². The maximum Gasteiger partial charge on any atom is 0.255 e. The van der Waals surface area contributed by atoms with E-state index in [0.29, 0.717) is 40.3 Å². The molecule has 2 N–H and O–H groups in total. The first-order valence-corrected chi connectivity index (χ1v) is 17.4. The second-order valence-electron chi connectivity index (χ2n) is 11.6. The Bertz CT molecular complexity index is 1830. The third kappa shape index (κ3) is 10.3. The van der Waals surface area contributed by atoms with Crippen molar-refractivity contribution in [3.8, 4) is 11.1 Å². The Morgan fingerprint density at radius 2 is 1.57 bits per heavy atom. The minimum absolute atomic E-state index is 0. The summed E-state index contributed by atoms with van der Waals surface area (Å²) in [7, 11) is 0. The van der Waals surface area contributed by atoms with E-state index in [1.807, 2.05) is 48.2 Å². The minimum Gasteiger partial charge on any atom is -0.337 e. The number of halogens is 3. The van der Waals surface area contributed by atoms with Crippen LogP contribution in [0.4, 0.5) is 4.39 Å². The second-order valence-corrected chi connectivity index (χ2v) is 13.0. The number of hydrogen-bond acceptors (Lipinski definition) is 6. The number of carbonyl (C=O) groups excluding carboxylic acids is 1. The fraction of sp³-hybridized carbons (Fsp3) is 0.297. The average Bonchev–Trinajstić information content (AvgIpc) is 3.64. The Balaban J connectivity index is 0.00000541. The molecule has 0 spiro atoms. The second kappa shape index (κ2) is 18.2. The van der Waals surface area contributed by atoms with Crippen LogP contribution in [-0.2, 0) is 23.5 Å². The number of aromatic nitrogens is 4. The molecule has 0 bridgehead atoms. The summed E-state index contributed by atoms with van der Waals surface area (Å²) in [4.78, 5) is 39.7. The normalized spacial score (nSPS) is 11.7. The number of benzene rings is 3. The first-order valence-electron chi connectivity index (χ1n) is 16.1. The predicted octanol–water partition coefficient (Wildman–Crippen LogP) is 7.73. The number of likely N-dealkylation sites (N-methyl/N-ethyl adjacent to an activating group) is 1. The highest BCUT2D eigenvalue weighted by Crippen LogP contribution is 2.27. The van der Waals surface area contributed by atoms with E-state index in [4.69, 9.17) is 16.6 Å². The summed E-state index contributed by atoms with van der Waals surface area (Å²) in [5, 5.41) is 7.97. The van der Waals surface area contributed by atoms with Crippen molar-refractivity contribution in [1.29, 1.82) is 0 Å². The highest BCUT2D eigenvalue weighted by atomic mass is 35.5. The number of thioether (sulfide) groups is 1. The number of rotatable bonds is 15. The smallest absolute Gasteiger partial charge is 0.255 e. The summed E-state index contributed by atoms with van der Waals surface area (Å²) in [6, 6.07) is 22.1. The van der Waals surface area contributed by atoms with E-state index in [1.165, 1.54) is 23.9 Å². The van der Waals surface area contributed by atoms with Crippen LogP contribution in [0.15, 0.2) is 95.1 Å². The summed E-state index contributed by atoms with van der Waals surface area (Å²) < 4.78 is 13.4. The monoisotopic (exact) mass is 722 g/mol. The first kappa shape index (κ1) is 37.9. The third-order valence-electron chi connectivity index (χ3n) is 8.51. The lowest BCUT2D eigenvalue weighted by Crippen LogP contribution is -2.39. The number of amides is 1. The quantitative estimate of drug-likeness (QED) is 0.0848. The molecule has 0 aliphatic carbocycles. The van der Waals surface area contributed by atoms with Crippen LogP contribution in [0, 0.1) is 5.82 Å². The predicted molar refractivity (Wildman–Crippen MR) is 198 cm³/mol. The SMILES string of the molecule is CCN(CC)CCN(Cc1ccc(-c2ccc(Cl)cc2)cc1)C(=O)Cc1nc(SCc2ccc(F)cc2)[nH]c(=O)c1C(C)c1cn[nH]c1.Cl. The van der Waals surface area contributed by atoms with Gasteiger partial charge < -0.3 is 14.8 Å². The number of hydrogen-bond donors (Lipinski definition) is 2. The zero-order valence-electron chi connectivity index (χ0n) is 27.8. The van der Waals surface area contributed by atoms with Gasteiger partial charge in [0.25, 0.3) is 5.56 Å². The van der Waals surface area contributed by atoms with E-state index >= 15 is 0 Å². The molecule has 0 radical (unpaired) electrons. The van der Waals surface area contributed by atoms with E-state index in [9.17, 15) is 14.0 Å². The maximum absolute atomic E-state index is 14.2. The number of nitrogens with zero attached hydrogens (tertiary/aromatic N) is 4. The van der Waals surface area contributed by atoms with Crippen molar-refractivity contribution in [2.45, 2.75) is 50.6 Å². The van der Waals surface area contributed by atoms with Gasteiger partial charge in [0.05, 0.1) is 18.3 Å². The molecule has 12 heteroatoms. The third-order valence-corrected chi connectivity index (χ3v) is 9.71. The van der Waals surface area contributed by atoms with E-state index in [1.54, 1.807) is 24.5 Å². The van der Waals surface area contributed by atoms with Crippen LogP contribution in [-0.4, -0.2) is 62.1 Å². The van der Waals surface area contributed by atoms with Crippen LogP contribution < -0.4 is 5.56 Å². The van der Waals surface area contributed by atoms with Gasteiger partial charge >= 0.3 is 0 Å². The fourth-order valence-corrected chi connectivity index (χ4v) is 6.53. The molecule has 5 rings (SSSR count). The molecule has 0 aliphatic rings. The van der Waals surface area contributed by atoms with Gasteiger partial charge in [-0.2, -0.15) is 5.10 Å². The van der Waals surface area contributed by atoms with Gasteiger partial charge in [0.2, 0.25) is 5.91 Å². The van der Waals surface area contributed by atoms with Crippen molar-refractivity contribution in [2.24, 2.45) is 0 Å². The molecule has 3 aromatic carbocycles. The lowest BCUT2D eigenvalue weighted by atomic mass is 9.94. The van der Waals surface area contributed by atoms with Gasteiger partial charge in [-0.25, -0.2) is 9.37 Å². The van der Waals surface area contributed by atoms with E-state index in [-0.39, 0.29) is 42.0 Å². The van der Waals surface area contributed by atoms with Gasteiger partial charge in [-0.3, -0.25) is 14.7 Å². The van der Waals surface area contributed by atoms with E-state index < -0.39 is 0 Å². The average molecular weight is 724 g/mol. The Labute approximate surface area is 301 Å². The Hall–Kier alpha value is -3.96. The molecule has 1 amide bonds. The molecule has 49 heavy (non-hydrogen) atoms. The summed E-state index contributed by atoms with van der Waals surface area (Å²) >= 11 is 7.41. The fourth-order valence-electron chi connectivity index (χ4n) is 5.57. The van der Waals surface area contributed by atoms with Crippen molar-refractivity contribution < 1.29 is 9.18 Å². The lowest BCUT2D eigenvalue weighted by Gasteiger charge is -2.27. The van der Waals surface area contributed by atoms with Crippen molar-refractivity contribution in [3.63, 3.8) is 0 Å². The minimum atomic E-state index is -0.344. The van der Waals surface area contributed by atoms with Crippen molar-refractivity contribution in [3.05, 3.63) is 134 Å². The van der Waals surface area contributed by atoms with Crippen LogP contribution >= 0.6 is 35.8 Å². The lowest BCUT2D eigenvalue weighted by molar-refractivity contribution is -0.131. The zero-order chi connectivity index (χ0) is 34.0. The Morgan fingerprint density at radius 1 is 0.939 bits per heavy atom. The molecule has 0 aliphatic heterocycles. The standard InChI is InChI=1S/C37H40ClFN6O2S.ClH/c1-4-44(5-2)18-19-45(23-26-6-10-28(11-7-26)29-12-14-31(38)15-13-29)34(46)20-33-35(25(3)30-21-40-41-22-30)36(47)43-37(42-33)48-24-27-8-16-32(39)17-9-27;/h6-17,21-22,25H,4-5,18-20,23-24H2,1-3H3,(H,40,41)(H,42,43,47);1H. The molecular weight excluding hydrogens is 682 g/mol. The zero-order valence-corrected chi connectivity index (χ0v) is 30.2.